The first kappa shape index (κ1) is 18.1. The van der Waals surface area contributed by atoms with Crippen molar-refractivity contribution < 1.29 is 23.1 Å². The van der Waals surface area contributed by atoms with E-state index in [9.17, 15) is 13.2 Å². The van der Waals surface area contributed by atoms with Crippen LogP contribution in [0.5, 0.6) is 0 Å². The monoisotopic (exact) mass is 358 g/mol. The van der Waals surface area contributed by atoms with Gasteiger partial charge in [-0.15, -0.1) is 0 Å². The van der Waals surface area contributed by atoms with E-state index in [0.29, 0.717) is 0 Å². The normalized spacial score (nSPS) is 11.4. The Morgan fingerprint density at radius 3 is 2.46 bits per heavy atom. The van der Waals surface area contributed by atoms with Gasteiger partial charge in [0.15, 0.2) is 0 Å². The van der Waals surface area contributed by atoms with Crippen LogP contribution in [0.4, 0.5) is 13.2 Å². The molecule has 0 atom stereocenters. The number of halogens is 4. The first-order chi connectivity index (χ1) is 11.2. The maximum Gasteiger partial charge on any atom is 0.490 e. The summed E-state index contributed by atoms with van der Waals surface area (Å²) in [6.45, 7) is 5.14. The van der Waals surface area contributed by atoms with Crippen LogP contribution in [0.1, 0.15) is 12.6 Å². The molecule has 24 heavy (non-hydrogen) atoms. The van der Waals surface area contributed by atoms with E-state index in [1.165, 1.54) is 21.8 Å². The Hall–Kier alpha value is -2.28. The number of hydrogen-bond acceptors (Lipinski definition) is 2. The molecule has 0 aliphatic heterocycles. The largest absolute Gasteiger partial charge is 0.490 e. The molecule has 0 radical (unpaired) electrons. The molecule has 2 heterocycles. The number of nitrogens with zero attached hydrogens (tertiary/aromatic N) is 2. The Morgan fingerprint density at radius 1 is 1.29 bits per heavy atom. The zero-order chi connectivity index (χ0) is 18.1. The second kappa shape index (κ2) is 6.68. The van der Waals surface area contributed by atoms with Gasteiger partial charge < -0.3 is 9.67 Å². The molecular formula is C16H14ClF3N2O2. The van der Waals surface area contributed by atoms with Crippen molar-refractivity contribution in [2.75, 3.05) is 0 Å². The average Bonchev–Trinajstić information content (AvgIpc) is 2.81. The van der Waals surface area contributed by atoms with Gasteiger partial charge in [0, 0.05) is 34.1 Å². The number of rotatable bonds is 1. The van der Waals surface area contributed by atoms with E-state index in [4.69, 9.17) is 21.5 Å². The lowest BCUT2D eigenvalue weighted by Crippen LogP contribution is -2.21. The van der Waals surface area contributed by atoms with Gasteiger partial charge in [0.2, 0.25) is 0 Å². The van der Waals surface area contributed by atoms with Crippen molar-refractivity contribution in [2.24, 2.45) is 0 Å². The number of hydrogen-bond donors (Lipinski definition) is 1. The standard InChI is InChI=1S/C14H13ClN2.C2HF3O2/c1-3-17-13-5-4-10(15)8-12(13)11-6-7-16-9(2)14(11)17;3-2(4,5)1(6)7/h4-8H,3H2,1-2H3;(H,6,7). The van der Waals surface area contributed by atoms with E-state index < -0.39 is 12.1 Å². The predicted molar refractivity (Wildman–Crippen MR) is 86.4 cm³/mol. The summed E-state index contributed by atoms with van der Waals surface area (Å²) in [4.78, 5) is 13.3. The molecule has 128 valence electrons. The zero-order valence-corrected chi connectivity index (χ0v) is 13.6. The van der Waals surface area contributed by atoms with E-state index in [2.05, 4.69) is 35.5 Å². The Bertz CT molecular complexity index is 904. The van der Waals surface area contributed by atoms with Crippen LogP contribution in [0.2, 0.25) is 5.02 Å². The van der Waals surface area contributed by atoms with Crippen molar-refractivity contribution in [1.82, 2.24) is 9.55 Å². The van der Waals surface area contributed by atoms with Crippen molar-refractivity contribution >= 4 is 39.4 Å². The predicted octanol–water partition coefficient (Wildman–Crippen LogP) is 4.80. The number of aromatic nitrogens is 2. The number of carboxylic acid groups (broad SMARTS) is 1. The molecular weight excluding hydrogens is 345 g/mol. The zero-order valence-electron chi connectivity index (χ0n) is 12.9. The fraction of sp³-hybridized carbons (Fsp3) is 0.250. The highest BCUT2D eigenvalue weighted by molar-refractivity contribution is 6.31. The summed E-state index contributed by atoms with van der Waals surface area (Å²) in [5, 5.41) is 10.3. The number of fused-ring (bicyclic) bond motifs is 3. The highest BCUT2D eigenvalue weighted by Gasteiger charge is 2.38. The number of pyridine rings is 1. The second-order valence-electron chi connectivity index (χ2n) is 5.00. The fourth-order valence-electron chi connectivity index (χ4n) is 2.52. The molecule has 0 fully saturated rings. The third-order valence-corrected chi connectivity index (χ3v) is 3.71. The summed E-state index contributed by atoms with van der Waals surface area (Å²) in [5.74, 6) is -2.76. The highest BCUT2D eigenvalue weighted by atomic mass is 35.5. The summed E-state index contributed by atoms with van der Waals surface area (Å²) in [6, 6.07) is 8.12. The lowest BCUT2D eigenvalue weighted by atomic mass is 10.2. The van der Waals surface area contributed by atoms with Gasteiger partial charge in [0.25, 0.3) is 0 Å². The minimum absolute atomic E-state index is 0.780. The van der Waals surface area contributed by atoms with Crippen LogP contribution >= 0.6 is 11.6 Å². The van der Waals surface area contributed by atoms with Gasteiger partial charge in [-0.2, -0.15) is 13.2 Å². The molecule has 3 rings (SSSR count). The minimum Gasteiger partial charge on any atom is -0.475 e. The van der Waals surface area contributed by atoms with Crippen molar-refractivity contribution in [3.63, 3.8) is 0 Å². The van der Waals surface area contributed by atoms with Crippen molar-refractivity contribution in [3.8, 4) is 0 Å². The smallest absolute Gasteiger partial charge is 0.475 e. The van der Waals surface area contributed by atoms with Crippen LogP contribution in [0, 0.1) is 6.92 Å². The molecule has 0 aliphatic carbocycles. The fourth-order valence-corrected chi connectivity index (χ4v) is 2.70. The van der Waals surface area contributed by atoms with Crippen LogP contribution in [-0.2, 0) is 11.3 Å². The Balaban J connectivity index is 0.000000256. The molecule has 0 spiro atoms. The Morgan fingerprint density at radius 2 is 1.92 bits per heavy atom. The van der Waals surface area contributed by atoms with Crippen LogP contribution < -0.4 is 0 Å². The number of alkyl halides is 3. The summed E-state index contributed by atoms with van der Waals surface area (Å²) in [6.07, 6.45) is -3.22. The van der Waals surface area contributed by atoms with Crippen LogP contribution in [0.25, 0.3) is 21.8 Å². The van der Waals surface area contributed by atoms with E-state index in [-0.39, 0.29) is 0 Å². The number of aryl methyl sites for hydroxylation is 2. The summed E-state index contributed by atoms with van der Waals surface area (Å²) in [7, 11) is 0. The molecule has 3 aromatic rings. The summed E-state index contributed by atoms with van der Waals surface area (Å²) in [5.41, 5.74) is 3.51. The summed E-state index contributed by atoms with van der Waals surface area (Å²) < 4.78 is 34.0. The van der Waals surface area contributed by atoms with E-state index >= 15 is 0 Å². The number of benzene rings is 1. The molecule has 0 saturated carbocycles. The third kappa shape index (κ3) is 3.46. The van der Waals surface area contributed by atoms with Crippen LogP contribution in [0.3, 0.4) is 0 Å². The average molecular weight is 359 g/mol. The van der Waals surface area contributed by atoms with Crippen molar-refractivity contribution in [2.45, 2.75) is 26.6 Å². The first-order valence-corrected chi connectivity index (χ1v) is 7.37. The van der Waals surface area contributed by atoms with Gasteiger partial charge in [-0.1, -0.05) is 11.6 Å². The van der Waals surface area contributed by atoms with Gasteiger partial charge >= 0.3 is 12.1 Å². The molecule has 1 aromatic carbocycles. The topological polar surface area (TPSA) is 55.1 Å². The lowest BCUT2D eigenvalue weighted by molar-refractivity contribution is -0.192. The number of carbonyl (C=O) groups is 1. The molecule has 0 amide bonds. The first-order valence-electron chi connectivity index (χ1n) is 7.00. The van der Waals surface area contributed by atoms with Gasteiger partial charge in [-0.05, 0) is 38.1 Å². The maximum atomic E-state index is 10.6. The molecule has 0 aliphatic rings. The van der Waals surface area contributed by atoms with Gasteiger partial charge in [-0.3, -0.25) is 4.98 Å². The highest BCUT2D eigenvalue weighted by Crippen LogP contribution is 2.31. The minimum atomic E-state index is -5.08. The third-order valence-electron chi connectivity index (χ3n) is 3.48. The lowest BCUT2D eigenvalue weighted by Gasteiger charge is -2.04. The number of carboxylic acids is 1. The van der Waals surface area contributed by atoms with Crippen LogP contribution in [-0.4, -0.2) is 26.8 Å². The molecule has 4 nitrogen and oxygen atoms in total. The maximum absolute atomic E-state index is 10.6. The summed E-state index contributed by atoms with van der Waals surface area (Å²) >= 11 is 6.09. The van der Waals surface area contributed by atoms with Crippen molar-refractivity contribution in [3.05, 3.63) is 41.2 Å². The van der Waals surface area contributed by atoms with Gasteiger partial charge in [0.05, 0.1) is 11.2 Å². The number of aliphatic carboxylic acids is 1. The molecule has 0 bridgehead atoms. The molecule has 2 aromatic heterocycles. The molecule has 0 unspecified atom stereocenters. The molecule has 8 heteroatoms. The van der Waals surface area contributed by atoms with Gasteiger partial charge in [-0.25, -0.2) is 4.79 Å². The van der Waals surface area contributed by atoms with E-state index in [1.807, 2.05) is 18.3 Å². The molecule has 0 saturated heterocycles. The van der Waals surface area contributed by atoms with Gasteiger partial charge in [0.1, 0.15) is 0 Å². The van der Waals surface area contributed by atoms with Crippen LogP contribution in [0.15, 0.2) is 30.5 Å². The Kier molecular flexibility index (Phi) is 5.03. The SMILES string of the molecule is CCn1c2ccc(Cl)cc2c2ccnc(C)c21.O=C(O)C(F)(F)F. The van der Waals surface area contributed by atoms with Crippen molar-refractivity contribution in [1.29, 1.82) is 0 Å². The van der Waals surface area contributed by atoms with E-state index in [0.717, 1.165) is 17.3 Å². The Labute approximate surface area is 140 Å². The van der Waals surface area contributed by atoms with E-state index in [1.54, 1.807) is 0 Å². The quantitative estimate of drug-likeness (QED) is 0.679. The molecule has 1 N–H and O–H groups in total. The second-order valence-corrected chi connectivity index (χ2v) is 5.44.